The third kappa shape index (κ3) is 4.00. The van der Waals surface area contributed by atoms with Gasteiger partial charge < -0.3 is 14.8 Å². The zero-order chi connectivity index (χ0) is 16.3. The Hall–Kier alpha value is -2.04. The number of carbonyl (C=O) groups excluding carboxylic acids is 2. The molecule has 22 heavy (non-hydrogen) atoms. The van der Waals surface area contributed by atoms with E-state index >= 15 is 0 Å². The summed E-state index contributed by atoms with van der Waals surface area (Å²) in [7, 11) is 0. The van der Waals surface area contributed by atoms with Crippen LogP contribution in [0.3, 0.4) is 0 Å². The van der Waals surface area contributed by atoms with Crippen molar-refractivity contribution >= 4 is 12.1 Å². The van der Waals surface area contributed by atoms with Gasteiger partial charge in [0.1, 0.15) is 11.7 Å². The minimum atomic E-state index is -0.564. The number of amides is 1. The van der Waals surface area contributed by atoms with Crippen LogP contribution in [0.4, 0.5) is 4.79 Å². The van der Waals surface area contributed by atoms with Gasteiger partial charge in [-0.25, -0.2) is 4.79 Å². The molecule has 5 heteroatoms. The topological polar surface area (TPSA) is 64.6 Å². The van der Waals surface area contributed by atoms with Gasteiger partial charge >= 0.3 is 12.1 Å². The Morgan fingerprint density at radius 2 is 1.95 bits per heavy atom. The molecule has 1 aromatic carbocycles. The van der Waals surface area contributed by atoms with Gasteiger partial charge in [0.05, 0.1) is 6.04 Å². The molecule has 2 rings (SSSR count). The maximum atomic E-state index is 12.0. The van der Waals surface area contributed by atoms with Crippen molar-refractivity contribution in [1.29, 1.82) is 0 Å². The first-order valence-electron chi connectivity index (χ1n) is 7.57. The summed E-state index contributed by atoms with van der Waals surface area (Å²) in [5.74, 6) is -0.280. The van der Waals surface area contributed by atoms with Crippen molar-refractivity contribution in [3.05, 3.63) is 35.4 Å². The molecule has 0 bridgehead atoms. The second-order valence-electron chi connectivity index (χ2n) is 6.42. The van der Waals surface area contributed by atoms with Crippen molar-refractivity contribution in [3.63, 3.8) is 0 Å². The second-order valence-corrected chi connectivity index (χ2v) is 6.42. The number of carbonyl (C=O) groups is 2. The highest BCUT2D eigenvalue weighted by Crippen LogP contribution is 2.34. The summed E-state index contributed by atoms with van der Waals surface area (Å²) in [6.07, 6.45) is -0.0337. The van der Waals surface area contributed by atoms with E-state index in [1.807, 2.05) is 45.0 Å². The van der Waals surface area contributed by atoms with Gasteiger partial charge in [-0.05, 0) is 38.3 Å². The lowest BCUT2D eigenvalue weighted by molar-refractivity contribution is -0.150. The molecule has 0 heterocycles. The first-order chi connectivity index (χ1) is 10.3. The molecule has 1 amide bonds. The van der Waals surface area contributed by atoms with Crippen LogP contribution in [-0.4, -0.2) is 23.7 Å². The molecular formula is C17H23NO4. The maximum absolute atomic E-state index is 12.0. The highest BCUT2D eigenvalue weighted by atomic mass is 16.6. The van der Waals surface area contributed by atoms with E-state index in [1.165, 1.54) is 0 Å². The van der Waals surface area contributed by atoms with E-state index < -0.39 is 17.8 Å². The van der Waals surface area contributed by atoms with Crippen LogP contribution in [0.5, 0.6) is 0 Å². The van der Waals surface area contributed by atoms with Gasteiger partial charge in [0.2, 0.25) is 0 Å². The molecule has 1 aromatic rings. The molecule has 0 fully saturated rings. The lowest BCUT2D eigenvalue weighted by Crippen LogP contribution is -2.42. The molecule has 0 aromatic heterocycles. The van der Waals surface area contributed by atoms with Crippen LogP contribution in [0.1, 0.15) is 51.3 Å². The van der Waals surface area contributed by atoms with Crippen LogP contribution in [-0.2, 0) is 20.7 Å². The molecule has 1 N–H and O–H groups in total. The largest absolute Gasteiger partial charge is 0.455 e. The lowest BCUT2D eigenvalue weighted by Gasteiger charge is -2.25. The third-order valence-electron chi connectivity index (χ3n) is 3.42. The number of fused-ring (bicyclic) bond motifs is 1. The highest BCUT2D eigenvalue weighted by molar-refractivity contribution is 5.71. The summed E-state index contributed by atoms with van der Waals surface area (Å²) in [6.45, 7) is 7.18. The number of rotatable bonds is 3. The zero-order valence-electron chi connectivity index (χ0n) is 13.5. The minimum Gasteiger partial charge on any atom is -0.455 e. The van der Waals surface area contributed by atoms with Crippen LogP contribution in [0.2, 0.25) is 0 Å². The molecule has 0 unspecified atom stereocenters. The Morgan fingerprint density at radius 1 is 1.27 bits per heavy atom. The minimum absolute atomic E-state index is 0.280. The molecule has 1 aliphatic carbocycles. The molecule has 1 aliphatic rings. The molecule has 0 radical (unpaired) electrons. The van der Waals surface area contributed by atoms with E-state index in [0.717, 1.165) is 11.1 Å². The van der Waals surface area contributed by atoms with Gasteiger partial charge in [-0.2, -0.15) is 0 Å². The normalized spacial score (nSPS) is 20.2. The Balaban J connectivity index is 2.13. The molecule has 120 valence electrons. The third-order valence-corrected chi connectivity index (χ3v) is 3.42. The van der Waals surface area contributed by atoms with E-state index in [4.69, 9.17) is 9.47 Å². The number of nitrogens with one attached hydrogen (secondary N) is 1. The molecule has 0 spiro atoms. The molecule has 0 saturated heterocycles. The van der Waals surface area contributed by atoms with Crippen molar-refractivity contribution in [2.45, 2.75) is 58.3 Å². The summed E-state index contributed by atoms with van der Waals surface area (Å²) in [4.78, 5) is 23.7. The first kappa shape index (κ1) is 16.3. The number of hydrogen-bond acceptors (Lipinski definition) is 4. The van der Waals surface area contributed by atoms with Gasteiger partial charge in [-0.3, -0.25) is 4.79 Å². The molecule has 0 aliphatic heterocycles. The zero-order valence-corrected chi connectivity index (χ0v) is 13.5. The number of hydrogen-bond donors (Lipinski definition) is 1. The Labute approximate surface area is 131 Å². The SMILES string of the molecule is CCC(=O)O[C@@H]1c2ccccc2C[C@H]1NC(=O)OC(C)(C)C. The average Bonchev–Trinajstić information content (AvgIpc) is 2.74. The maximum Gasteiger partial charge on any atom is 0.408 e. The number of ether oxygens (including phenoxy) is 2. The summed E-state index contributed by atoms with van der Waals surface area (Å²) in [5, 5.41) is 2.82. The van der Waals surface area contributed by atoms with Crippen molar-refractivity contribution in [2.75, 3.05) is 0 Å². The summed E-state index contributed by atoms with van der Waals surface area (Å²) >= 11 is 0. The van der Waals surface area contributed by atoms with Crippen LogP contribution in [0.15, 0.2) is 24.3 Å². The molecule has 2 atom stereocenters. The van der Waals surface area contributed by atoms with E-state index in [9.17, 15) is 9.59 Å². The van der Waals surface area contributed by atoms with Crippen molar-refractivity contribution in [3.8, 4) is 0 Å². The number of benzene rings is 1. The molecule has 5 nitrogen and oxygen atoms in total. The van der Waals surface area contributed by atoms with Gasteiger partial charge in [-0.15, -0.1) is 0 Å². The second kappa shape index (κ2) is 6.38. The van der Waals surface area contributed by atoms with E-state index in [0.29, 0.717) is 12.8 Å². The fourth-order valence-corrected chi connectivity index (χ4v) is 2.51. The fourth-order valence-electron chi connectivity index (χ4n) is 2.51. The Bertz CT molecular complexity index is 562. The van der Waals surface area contributed by atoms with Crippen LogP contribution < -0.4 is 5.32 Å². The summed E-state index contributed by atoms with van der Waals surface area (Å²) in [6, 6.07) is 7.45. The van der Waals surface area contributed by atoms with Crippen LogP contribution >= 0.6 is 0 Å². The molecular weight excluding hydrogens is 282 g/mol. The first-order valence-corrected chi connectivity index (χ1v) is 7.57. The predicted molar refractivity (Wildman–Crippen MR) is 82.4 cm³/mol. The van der Waals surface area contributed by atoms with Gasteiger partial charge in [-0.1, -0.05) is 31.2 Å². The van der Waals surface area contributed by atoms with Crippen molar-refractivity contribution < 1.29 is 19.1 Å². The van der Waals surface area contributed by atoms with Gasteiger partial charge in [0, 0.05) is 6.42 Å². The monoisotopic (exact) mass is 305 g/mol. The van der Waals surface area contributed by atoms with Crippen molar-refractivity contribution in [1.82, 2.24) is 5.32 Å². The fraction of sp³-hybridized carbons (Fsp3) is 0.529. The van der Waals surface area contributed by atoms with Crippen LogP contribution in [0, 0.1) is 0 Å². The average molecular weight is 305 g/mol. The van der Waals surface area contributed by atoms with E-state index in [2.05, 4.69) is 5.32 Å². The smallest absolute Gasteiger partial charge is 0.408 e. The Kier molecular flexibility index (Phi) is 4.74. The predicted octanol–water partition coefficient (Wildman–Crippen LogP) is 3.13. The van der Waals surface area contributed by atoms with E-state index in [-0.39, 0.29) is 12.0 Å². The summed E-state index contributed by atoms with van der Waals surface area (Å²) < 4.78 is 10.8. The standard InChI is InChI=1S/C17H23NO4/c1-5-14(19)21-15-12-9-7-6-8-11(12)10-13(15)18-16(20)22-17(2,3)4/h6-9,13,15H,5,10H2,1-4H3,(H,18,20)/t13-,15-/m1/s1. The van der Waals surface area contributed by atoms with Crippen LogP contribution in [0.25, 0.3) is 0 Å². The van der Waals surface area contributed by atoms with Gasteiger partial charge in [0.25, 0.3) is 0 Å². The van der Waals surface area contributed by atoms with E-state index in [1.54, 1.807) is 6.92 Å². The quantitative estimate of drug-likeness (QED) is 0.871. The van der Waals surface area contributed by atoms with Crippen molar-refractivity contribution in [2.24, 2.45) is 0 Å². The van der Waals surface area contributed by atoms with Gasteiger partial charge in [0.15, 0.2) is 0 Å². The number of alkyl carbamates (subject to hydrolysis) is 1. The lowest BCUT2D eigenvalue weighted by atomic mass is 10.1. The number of esters is 1. The Morgan fingerprint density at radius 3 is 2.59 bits per heavy atom. The summed E-state index contributed by atoms with van der Waals surface area (Å²) in [5.41, 5.74) is 1.47. The highest BCUT2D eigenvalue weighted by Gasteiger charge is 2.36. The molecule has 0 saturated carbocycles.